The van der Waals surface area contributed by atoms with E-state index in [0.29, 0.717) is 0 Å². The highest BCUT2D eigenvalue weighted by Gasteiger charge is 1.98. The molecule has 0 saturated carbocycles. The summed E-state index contributed by atoms with van der Waals surface area (Å²) in [6, 6.07) is 6.55. The van der Waals surface area contributed by atoms with E-state index in [0.717, 1.165) is 19.0 Å². The summed E-state index contributed by atoms with van der Waals surface area (Å²) in [6.07, 6.45) is 2.58. The van der Waals surface area contributed by atoms with Crippen LogP contribution in [-0.4, -0.2) is 6.54 Å². The Kier molecular flexibility index (Phi) is 6.07. The van der Waals surface area contributed by atoms with Crippen LogP contribution in [0.4, 0.5) is 0 Å². The van der Waals surface area contributed by atoms with Crippen LogP contribution in [0.2, 0.25) is 0 Å². The van der Waals surface area contributed by atoms with Gasteiger partial charge in [0.05, 0.1) is 0 Å². The molecule has 0 amide bonds. The molecule has 90 valence electrons. The highest BCUT2D eigenvalue weighted by molar-refractivity contribution is 9.10. The van der Waals surface area contributed by atoms with Crippen molar-refractivity contribution in [3.63, 3.8) is 0 Å². The number of nitrogens with one attached hydrogen (secondary N) is 1. The molecule has 0 unspecified atom stereocenters. The lowest BCUT2D eigenvalue weighted by Gasteiger charge is -2.07. The predicted molar refractivity (Wildman–Crippen MR) is 74.7 cm³/mol. The zero-order valence-electron chi connectivity index (χ0n) is 10.5. The molecule has 0 heterocycles. The first-order valence-electron chi connectivity index (χ1n) is 6.05. The molecule has 1 rings (SSSR count). The van der Waals surface area contributed by atoms with Crippen LogP contribution in [0.5, 0.6) is 0 Å². The first kappa shape index (κ1) is 13.7. The molecule has 0 aromatic heterocycles. The van der Waals surface area contributed by atoms with Crippen molar-refractivity contribution >= 4 is 15.9 Å². The number of benzene rings is 1. The van der Waals surface area contributed by atoms with Crippen LogP contribution in [0.25, 0.3) is 0 Å². The lowest BCUT2D eigenvalue weighted by molar-refractivity contribution is 0.527. The van der Waals surface area contributed by atoms with Crippen LogP contribution in [0.3, 0.4) is 0 Å². The summed E-state index contributed by atoms with van der Waals surface area (Å²) in [4.78, 5) is 0. The second-order valence-electron chi connectivity index (χ2n) is 4.80. The quantitative estimate of drug-likeness (QED) is 0.769. The summed E-state index contributed by atoms with van der Waals surface area (Å²) in [5.74, 6) is 0.815. The van der Waals surface area contributed by atoms with Gasteiger partial charge in [-0.25, -0.2) is 0 Å². The smallest absolute Gasteiger partial charge is 0.0207 e. The number of hydrogen-bond acceptors (Lipinski definition) is 1. The highest BCUT2D eigenvalue weighted by Crippen LogP contribution is 2.17. The summed E-state index contributed by atoms with van der Waals surface area (Å²) >= 11 is 3.56. The highest BCUT2D eigenvalue weighted by atomic mass is 79.9. The van der Waals surface area contributed by atoms with Gasteiger partial charge in [0.25, 0.3) is 0 Å². The fraction of sp³-hybridized carbons (Fsp3) is 0.571. The largest absolute Gasteiger partial charge is 0.313 e. The zero-order valence-corrected chi connectivity index (χ0v) is 12.1. The second kappa shape index (κ2) is 7.08. The maximum atomic E-state index is 3.56. The van der Waals surface area contributed by atoms with E-state index in [1.807, 2.05) is 0 Å². The Balaban J connectivity index is 2.24. The van der Waals surface area contributed by atoms with Gasteiger partial charge >= 0.3 is 0 Å². The van der Waals surface area contributed by atoms with Gasteiger partial charge in [0.15, 0.2) is 0 Å². The van der Waals surface area contributed by atoms with Gasteiger partial charge in [-0.2, -0.15) is 0 Å². The molecule has 1 nitrogen and oxygen atoms in total. The minimum atomic E-state index is 0.815. The zero-order chi connectivity index (χ0) is 12.0. The van der Waals surface area contributed by atoms with Crippen molar-refractivity contribution in [1.82, 2.24) is 5.32 Å². The Bertz CT molecular complexity index is 321. The van der Waals surface area contributed by atoms with Crippen LogP contribution in [0.15, 0.2) is 22.7 Å². The molecular formula is C14H22BrN. The summed E-state index contributed by atoms with van der Waals surface area (Å²) < 4.78 is 1.20. The molecule has 1 aromatic rings. The SMILES string of the molecule is Cc1ccc(CNCCCC(C)C)cc1Br. The van der Waals surface area contributed by atoms with Gasteiger partial charge in [0, 0.05) is 11.0 Å². The van der Waals surface area contributed by atoms with E-state index in [9.17, 15) is 0 Å². The Morgan fingerprint density at radius 3 is 2.69 bits per heavy atom. The second-order valence-corrected chi connectivity index (χ2v) is 5.65. The van der Waals surface area contributed by atoms with Gasteiger partial charge in [-0.1, -0.05) is 41.9 Å². The van der Waals surface area contributed by atoms with Gasteiger partial charge in [0.1, 0.15) is 0 Å². The van der Waals surface area contributed by atoms with Crippen LogP contribution >= 0.6 is 15.9 Å². The molecular weight excluding hydrogens is 262 g/mol. The van der Waals surface area contributed by atoms with Crippen molar-refractivity contribution < 1.29 is 0 Å². The van der Waals surface area contributed by atoms with E-state index in [1.165, 1.54) is 28.4 Å². The van der Waals surface area contributed by atoms with E-state index in [4.69, 9.17) is 0 Å². The summed E-state index contributed by atoms with van der Waals surface area (Å²) in [6.45, 7) is 8.75. The maximum absolute atomic E-state index is 3.56. The molecule has 0 saturated heterocycles. The molecule has 2 heteroatoms. The van der Waals surface area contributed by atoms with Crippen molar-refractivity contribution in [2.24, 2.45) is 5.92 Å². The van der Waals surface area contributed by atoms with Crippen LogP contribution < -0.4 is 5.32 Å². The van der Waals surface area contributed by atoms with Gasteiger partial charge in [-0.05, 0) is 49.4 Å². The van der Waals surface area contributed by atoms with Gasteiger partial charge in [-0.15, -0.1) is 0 Å². The van der Waals surface area contributed by atoms with Crippen LogP contribution in [0.1, 0.15) is 37.8 Å². The molecule has 16 heavy (non-hydrogen) atoms. The molecule has 0 aliphatic rings. The predicted octanol–water partition coefficient (Wildman–Crippen LogP) is 4.28. The molecule has 0 fully saturated rings. The van der Waals surface area contributed by atoms with Gasteiger partial charge in [-0.3, -0.25) is 0 Å². The number of halogens is 1. The molecule has 0 atom stereocenters. The molecule has 0 radical (unpaired) electrons. The van der Waals surface area contributed by atoms with Gasteiger partial charge in [0.2, 0.25) is 0 Å². The van der Waals surface area contributed by atoms with E-state index < -0.39 is 0 Å². The van der Waals surface area contributed by atoms with Crippen molar-refractivity contribution in [1.29, 1.82) is 0 Å². The van der Waals surface area contributed by atoms with Crippen molar-refractivity contribution in [2.75, 3.05) is 6.54 Å². The average Bonchev–Trinajstić information content (AvgIpc) is 2.22. The first-order chi connectivity index (χ1) is 7.59. The standard InChI is InChI=1S/C14H22BrN/c1-11(2)5-4-8-16-10-13-7-6-12(3)14(15)9-13/h6-7,9,11,16H,4-5,8,10H2,1-3H3. The molecule has 1 aromatic carbocycles. The van der Waals surface area contributed by atoms with Crippen LogP contribution in [0, 0.1) is 12.8 Å². The van der Waals surface area contributed by atoms with Crippen molar-refractivity contribution in [2.45, 2.75) is 40.2 Å². The summed E-state index contributed by atoms with van der Waals surface area (Å²) in [5, 5.41) is 3.48. The molecule has 0 bridgehead atoms. The average molecular weight is 284 g/mol. The molecule has 0 aliphatic carbocycles. The Morgan fingerprint density at radius 1 is 1.31 bits per heavy atom. The molecule has 0 aliphatic heterocycles. The minimum Gasteiger partial charge on any atom is -0.313 e. The van der Waals surface area contributed by atoms with Crippen molar-refractivity contribution in [3.05, 3.63) is 33.8 Å². The topological polar surface area (TPSA) is 12.0 Å². The third-order valence-electron chi connectivity index (χ3n) is 2.70. The Labute approximate surface area is 108 Å². The fourth-order valence-corrected chi connectivity index (χ4v) is 2.04. The lowest BCUT2D eigenvalue weighted by Crippen LogP contribution is -2.15. The number of hydrogen-bond donors (Lipinski definition) is 1. The lowest BCUT2D eigenvalue weighted by atomic mass is 10.1. The van der Waals surface area contributed by atoms with E-state index in [1.54, 1.807) is 0 Å². The van der Waals surface area contributed by atoms with Crippen molar-refractivity contribution in [3.8, 4) is 0 Å². The summed E-state index contributed by atoms with van der Waals surface area (Å²) in [7, 11) is 0. The van der Waals surface area contributed by atoms with Gasteiger partial charge < -0.3 is 5.32 Å². The summed E-state index contributed by atoms with van der Waals surface area (Å²) in [5.41, 5.74) is 2.64. The monoisotopic (exact) mass is 283 g/mol. The minimum absolute atomic E-state index is 0.815. The number of aryl methyl sites for hydroxylation is 1. The van der Waals surface area contributed by atoms with E-state index >= 15 is 0 Å². The number of rotatable bonds is 6. The molecule has 0 spiro atoms. The van der Waals surface area contributed by atoms with Crippen LogP contribution in [-0.2, 0) is 6.54 Å². The Hall–Kier alpha value is -0.340. The molecule has 1 N–H and O–H groups in total. The first-order valence-corrected chi connectivity index (χ1v) is 6.84. The van der Waals surface area contributed by atoms with E-state index in [2.05, 4.69) is 60.2 Å². The normalized spacial score (nSPS) is 11.1. The Morgan fingerprint density at radius 2 is 2.06 bits per heavy atom. The third kappa shape index (κ3) is 5.13. The van der Waals surface area contributed by atoms with E-state index in [-0.39, 0.29) is 0 Å². The fourth-order valence-electron chi connectivity index (χ4n) is 1.61. The third-order valence-corrected chi connectivity index (χ3v) is 3.55. The maximum Gasteiger partial charge on any atom is 0.0207 e.